The second kappa shape index (κ2) is 7.67. The molecule has 0 heterocycles. The molecule has 1 rings (SSSR count). The number of rotatable bonds is 7. The van der Waals surface area contributed by atoms with Crippen molar-refractivity contribution in [2.45, 2.75) is 25.7 Å². The summed E-state index contributed by atoms with van der Waals surface area (Å²) in [7, 11) is 0. The highest BCUT2D eigenvalue weighted by Crippen LogP contribution is 2.23. The average Bonchev–Trinajstić information content (AvgIpc) is 2.38. The molecule has 2 nitrogen and oxygen atoms in total. The van der Waals surface area contributed by atoms with Crippen LogP contribution in [0.1, 0.15) is 25.0 Å². The first kappa shape index (κ1) is 13.5. The van der Waals surface area contributed by atoms with Crippen LogP contribution in [-0.4, -0.2) is 12.9 Å². The Morgan fingerprint density at radius 3 is 2.65 bits per heavy atom. The van der Waals surface area contributed by atoms with Gasteiger partial charge in [-0.3, -0.25) is 0 Å². The molecule has 0 amide bonds. The molecule has 0 saturated heterocycles. The molecule has 0 N–H and O–H groups in total. The quantitative estimate of drug-likeness (QED) is 0.406. The number of ether oxygens (including phenoxy) is 2. The topological polar surface area (TPSA) is 18.5 Å². The lowest BCUT2D eigenvalue weighted by Crippen LogP contribution is -2.18. The summed E-state index contributed by atoms with van der Waals surface area (Å²) in [5.74, 6) is 2.48. The third-order valence-corrected chi connectivity index (χ3v) is 2.29. The van der Waals surface area contributed by atoms with Crippen LogP contribution in [0, 0.1) is 12.3 Å². The molecule has 0 aliphatic carbocycles. The first-order valence-electron chi connectivity index (χ1n) is 5.70. The van der Waals surface area contributed by atoms with Gasteiger partial charge >= 0.3 is 0 Å². The van der Waals surface area contributed by atoms with Crippen molar-refractivity contribution in [1.82, 2.24) is 0 Å². The van der Waals surface area contributed by atoms with Crippen LogP contribution in [0.5, 0.6) is 0 Å². The van der Waals surface area contributed by atoms with Gasteiger partial charge in [-0.1, -0.05) is 36.4 Å². The van der Waals surface area contributed by atoms with E-state index in [-0.39, 0.29) is 6.10 Å². The highest BCUT2D eigenvalue weighted by molar-refractivity contribution is 5.18. The Labute approximate surface area is 103 Å². The second-order valence-corrected chi connectivity index (χ2v) is 3.51. The fourth-order valence-corrected chi connectivity index (χ4v) is 1.52. The van der Waals surface area contributed by atoms with E-state index in [1.165, 1.54) is 0 Å². The van der Waals surface area contributed by atoms with Crippen LogP contribution >= 0.6 is 0 Å². The fourth-order valence-electron chi connectivity index (χ4n) is 1.52. The molecule has 0 unspecified atom stereocenters. The van der Waals surface area contributed by atoms with Gasteiger partial charge in [0.2, 0.25) is 6.29 Å². The van der Waals surface area contributed by atoms with Crippen molar-refractivity contribution in [3.63, 3.8) is 0 Å². The van der Waals surface area contributed by atoms with Gasteiger partial charge < -0.3 is 9.47 Å². The minimum absolute atomic E-state index is 0.110. The van der Waals surface area contributed by atoms with Gasteiger partial charge in [-0.25, -0.2) is 0 Å². The van der Waals surface area contributed by atoms with Crippen molar-refractivity contribution in [1.29, 1.82) is 0 Å². The van der Waals surface area contributed by atoms with E-state index >= 15 is 0 Å². The molecule has 0 aliphatic heterocycles. The Kier molecular flexibility index (Phi) is 6.09. The van der Waals surface area contributed by atoms with E-state index in [9.17, 15) is 0 Å². The van der Waals surface area contributed by atoms with E-state index in [0.29, 0.717) is 13.0 Å². The predicted molar refractivity (Wildman–Crippen MR) is 69.3 cm³/mol. The van der Waals surface area contributed by atoms with Crippen LogP contribution in [0.2, 0.25) is 0 Å². The lowest BCUT2D eigenvalue weighted by Gasteiger charge is -2.20. The highest BCUT2D eigenvalue weighted by atomic mass is 16.7. The zero-order valence-corrected chi connectivity index (χ0v) is 10.1. The fraction of sp³-hybridized carbons (Fsp3) is 0.333. The minimum atomic E-state index is -0.606. The lowest BCUT2D eigenvalue weighted by atomic mass is 10.1. The van der Waals surface area contributed by atoms with E-state index in [1.54, 1.807) is 0 Å². The largest absolute Gasteiger partial charge is 0.342 e. The average molecular weight is 230 g/mol. The van der Waals surface area contributed by atoms with Gasteiger partial charge in [-0.15, -0.1) is 13.0 Å². The van der Waals surface area contributed by atoms with E-state index in [4.69, 9.17) is 15.9 Å². The standard InChI is InChI=1S/C15H18O2/c1-4-10-14(13-11-8-7-9-12-13)17-15(5-2)16-6-3/h2,4,7-9,11-12,14-15H,1,6,10H2,3H3/t14-,15-/m0/s1. The minimum Gasteiger partial charge on any atom is -0.342 e. The molecule has 0 aliphatic rings. The summed E-state index contributed by atoms with van der Waals surface area (Å²) in [6, 6.07) is 9.93. The number of hydrogen-bond donors (Lipinski definition) is 0. The van der Waals surface area contributed by atoms with E-state index in [2.05, 4.69) is 12.5 Å². The Morgan fingerprint density at radius 2 is 2.12 bits per heavy atom. The summed E-state index contributed by atoms with van der Waals surface area (Å²) in [5.41, 5.74) is 1.08. The SMILES string of the molecule is C#C[C@@H](OCC)O[C@@H](CC=C)c1ccccc1. The second-order valence-electron chi connectivity index (χ2n) is 3.51. The first-order valence-corrected chi connectivity index (χ1v) is 5.70. The molecule has 0 spiro atoms. The summed E-state index contributed by atoms with van der Waals surface area (Å²) >= 11 is 0. The van der Waals surface area contributed by atoms with Crippen LogP contribution in [0.4, 0.5) is 0 Å². The van der Waals surface area contributed by atoms with E-state index in [1.807, 2.05) is 43.3 Å². The van der Waals surface area contributed by atoms with Gasteiger partial charge in [0.1, 0.15) is 0 Å². The van der Waals surface area contributed by atoms with Gasteiger partial charge in [0.05, 0.1) is 6.10 Å². The molecule has 2 heteroatoms. The number of hydrogen-bond acceptors (Lipinski definition) is 2. The lowest BCUT2D eigenvalue weighted by molar-refractivity contribution is -0.134. The molecule has 1 aromatic rings. The summed E-state index contributed by atoms with van der Waals surface area (Å²) < 4.78 is 11.0. The molecular formula is C15H18O2. The molecular weight excluding hydrogens is 212 g/mol. The molecule has 0 radical (unpaired) electrons. The van der Waals surface area contributed by atoms with Gasteiger partial charge in [0, 0.05) is 6.61 Å². The van der Waals surface area contributed by atoms with Crippen molar-refractivity contribution in [2.24, 2.45) is 0 Å². The van der Waals surface area contributed by atoms with Crippen molar-refractivity contribution < 1.29 is 9.47 Å². The zero-order chi connectivity index (χ0) is 12.5. The van der Waals surface area contributed by atoms with Gasteiger partial charge in [0.25, 0.3) is 0 Å². The molecule has 0 aromatic heterocycles. The maximum absolute atomic E-state index is 5.74. The Morgan fingerprint density at radius 1 is 1.41 bits per heavy atom. The summed E-state index contributed by atoms with van der Waals surface area (Å²) in [6.45, 7) is 6.15. The molecule has 17 heavy (non-hydrogen) atoms. The number of benzene rings is 1. The smallest absolute Gasteiger partial charge is 0.222 e. The molecule has 1 aromatic carbocycles. The first-order chi connectivity index (χ1) is 8.31. The third kappa shape index (κ3) is 4.44. The maximum Gasteiger partial charge on any atom is 0.222 e. The Balaban J connectivity index is 2.73. The van der Waals surface area contributed by atoms with Gasteiger partial charge in [0.15, 0.2) is 0 Å². The zero-order valence-electron chi connectivity index (χ0n) is 10.1. The maximum atomic E-state index is 5.74. The third-order valence-electron chi connectivity index (χ3n) is 2.29. The summed E-state index contributed by atoms with van der Waals surface area (Å²) in [5, 5.41) is 0. The van der Waals surface area contributed by atoms with Crippen LogP contribution in [0.15, 0.2) is 43.0 Å². The van der Waals surface area contributed by atoms with Crippen LogP contribution in [0.3, 0.4) is 0 Å². The molecule has 0 saturated carbocycles. The molecule has 2 atom stereocenters. The Hall–Kier alpha value is -1.56. The Bertz CT molecular complexity index is 364. The van der Waals surface area contributed by atoms with E-state index < -0.39 is 6.29 Å². The molecule has 0 bridgehead atoms. The van der Waals surface area contributed by atoms with E-state index in [0.717, 1.165) is 5.56 Å². The monoisotopic (exact) mass is 230 g/mol. The van der Waals surface area contributed by atoms with Crippen molar-refractivity contribution >= 4 is 0 Å². The van der Waals surface area contributed by atoms with Crippen LogP contribution in [-0.2, 0) is 9.47 Å². The van der Waals surface area contributed by atoms with Crippen molar-refractivity contribution in [3.05, 3.63) is 48.6 Å². The summed E-state index contributed by atoms with van der Waals surface area (Å²) in [6.07, 6.45) is 7.16. The van der Waals surface area contributed by atoms with Crippen LogP contribution in [0.25, 0.3) is 0 Å². The van der Waals surface area contributed by atoms with Crippen molar-refractivity contribution in [3.8, 4) is 12.3 Å². The molecule has 90 valence electrons. The van der Waals surface area contributed by atoms with Crippen LogP contribution < -0.4 is 0 Å². The van der Waals surface area contributed by atoms with Gasteiger partial charge in [-0.05, 0) is 24.8 Å². The highest BCUT2D eigenvalue weighted by Gasteiger charge is 2.15. The van der Waals surface area contributed by atoms with Gasteiger partial charge in [-0.2, -0.15) is 0 Å². The van der Waals surface area contributed by atoms with Crippen molar-refractivity contribution in [2.75, 3.05) is 6.61 Å². The molecule has 0 fully saturated rings. The predicted octanol–water partition coefficient (Wildman–Crippen LogP) is 3.32. The normalized spacial score (nSPS) is 13.6. The summed E-state index contributed by atoms with van der Waals surface area (Å²) in [4.78, 5) is 0. The number of terminal acetylenes is 1.